The van der Waals surface area contributed by atoms with Crippen molar-refractivity contribution in [2.75, 3.05) is 10.7 Å². The summed E-state index contributed by atoms with van der Waals surface area (Å²) in [5.41, 5.74) is 6.78. The van der Waals surface area contributed by atoms with E-state index in [4.69, 9.17) is 4.52 Å². The third-order valence-corrected chi connectivity index (χ3v) is 4.67. The molecule has 148 valence electrons. The van der Waals surface area contributed by atoms with Crippen LogP contribution >= 0.6 is 0 Å². The van der Waals surface area contributed by atoms with E-state index in [1.165, 1.54) is 6.07 Å². The maximum atomic E-state index is 14.2. The summed E-state index contributed by atoms with van der Waals surface area (Å²) in [6.45, 7) is 8.15. The van der Waals surface area contributed by atoms with Gasteiger partial charge in [-0.25, -0.2) is 9.07 Å². The van der Waals surface area contributed by atoms with Crippen molar-refractivity contribution >= 4 is 22.4 Å². The Balaban J connectivity index is 1.62. The van der Waals surface area contributed by atoms with E-state index in [-0.39, 0.29) is 12.4 Å². The van der Waals surface area contributed by atoms with Crippen molar-refractivity contribution in [1.82, 2.24) is 14.8 Å². The first-order chi connectivity index (χ1) is 14.0. The largest absolute Gasteiger partial charge is 0.364 e. The molecular weight excluding hydrogens is 369 g/mol. The molecule has 2 N–H and O–H groups in total. The van der Waals surface area contributed by atoms with Gasteiger partial charge in [-0.2, -0.15) is 0 Å². The van der Waals surface area contributed by atoms with Crippen molar-refractivity contribution in [3.63, 3.8) is 0 Å². The number of hydrogen-bond acceptors (Lipinski definition) is 5. The third-order valence-electron chi connectivity index (χ3n) is 4.67. The van der Waals surface area contributed by atoms with Crippen LogP contribution in [0.5, 0.6) is 0 Å². The summed E-state index contributed by atoms with van der Waals surface area (Å²) in [7, 11) is 0. The number of rotatable bonds is 7. The number of anilines is 1. The number of para-hydroxylation sites is 1. The molecule has 0 aliphatic carbocycles. The van der Waals surface area contributed by atoms with E-state index in [9.17, 15) is 4.39 Å². The SMILES string of the molecule is C=C(Nn1c(NCc2ncc(C)cc2F)cc2ccccc21)c1cc(CC)no1. The van der Waals surface area contributed by atoms with Crippen LogP contribution in [-0.2, 0) is 13.0 Å². The molecule has 0 fully saturated rings. The van der Waals surface area contributed by atoms with Crippen molar-refractivity contribution in [2.24, 2.45) is 0 Å². The highest BCUT2D eigenvalue weighted by atomic mass is 19.1. The quantitative estimate of drug-likeness (QED) is 0.471. The van der Waals surface area contributed by atoms with Crippen LogP contribution < -0.4 is 10.7 Å². The first-order valence-corrected chi connectivity index (χ1v) is 9.42. The average Bonchev–Trinajstić information content (AvgIpc) is 3.32. The van der Waals surface area contributed by atoms with Crippen molar-refractivity contribution in [3.05, 3.63) is 83.8 Å². The molecule has 0 amide bonds. The third kappa shape index (κ3) is 3.85. The lowest BCUT2D eigenvalue weighted by molar-refractivity contribution is 0.403. The fraction of sp³-hybridized carbons (Fsp3) is 0.182. The number of aryl methyl sites for hydroxylation is 2. The van der Waals surface area contributed by atoms with Crippen LogP contribution in [-0.4, -0.2) is 14.8 Å². The summed E-state index contributed by atoms with van der Waals surface area (Å²) in [5, 5.41) is 8.30. The van der Waals surface area contributed by atoms with Gasteiger partial charge in [0.15, 0.2) is 5.76 Å². The molecule has 0 radical (unpaired) electrons. The fourth-order valence-corrected chi connectivity index (χ4v) is 3.08. The Bertz CT molecular complexity index is 1180. The van der Waals surface area contributed by atoms with E-state index in [1.54, 1.807) is 6.20 Å². The normalized spacial score (nSPS) is 11.0. The highest BCUT2D eigenvalue weighted by Gasteiger charge is 2.13. The molecule has 0 bridgehead atoms. The van der Waals surface area contributed by atoms with Gasteiger partial charge in [-0.1, -0.05) is 36.9 Å². The minimum Gasteiger partial charge on any atom is -0.364 e. The second-order valence-electron chi connectivity index (χ2n) is 6.84. The molecule has 4 aromatic rings. The van der Waals surface area contributed by atoms with Gasteiger partial charge in [0.1, 0.15) is 11.6 Å². The Hall–Kier alpha value is -3.61. The number of pyridine rings is 1. The first kappa shape index (κ1) is 18.7. The summed E-state index contributed by atoms with van der Waals surface area (Å²) in [4.78, 5) is 4.19. The van der Waals surface area contributed by atoms with E-state index in [0.29, 0.717) is 17.2 Å². The summed E-state index contributed by atoms with van der Waals surface area (Å²) in [5.74, 6) is 0.993. The van der Waals surface area contributed by atoms with Crippen molar-refractivity contribution in [3.8, 4) is 0 Å². The monoisotopic (exact) mass is 391 g/mol. The van der Waals surface area contributed by atoms with Crippen LogP contribution in [0.4, 0.5) is 10.2 Å². The number of hydrogen-bond donors (Lipinski definition) is 2. The fourth-order valence-electron chi connectivity index (χ4n) is 3.08. The summed E-state index contributed by atoms with van der Waals surface area (Å²) in [6, 6.07) is 13.3. The smallest absolute Gasteiger partial charge is 0.184 e. The number of nitrogens with zero attached hydrogens (tertiary/aromatic N) is 3. The van der Waals surface area contributed by atoms with E-state index in [0.717, 1.165) is 34.4 Å². The maximum absolute atomic E-state index is 14.2. The van der Waals surface area contributed by atoms with Crippen LogP contribution in [0.3, 0.4) is 0 Å². The molecule has 1 aromatic carbocycles. The van der Waals surface area contributed by atoms with Crippen LogP contribution in [0.1, 0.15) is 29.6 Å². The minimum absolute atomic E-state index is 0.249. The highest BCUT2D eigenvalue weighted by molar-refractivity contribution is 5.86. The van der Waals surface area contributed by atoms with Crippen molar-refractivity contribution in [2.45, 2.75) is 26.8 Å². The molecule has 29 heavy (non-hydrogen) atoms. The highest BCUT2D eigenvalue weighted by Crippen LogP contribution is 2.25. The lowest BCUT2D eigenvalue weighted by Gasteiger charge is -2.15. The summed E-state index contributed by atoms with van der Waals surface area (Å²) < 4.78 is 21.4. The average molecular weight is 391 g/mol. The molecule has 7 heteroatoms. The van der Waals surface area contributed by atoms with Gasteiger partial charge < -0.3 is 9.84 Å². The van der Waals surface area contributed by atoms with Gasteiger partial charge in [-0.3, -0.25) is 10.4 Å². The molecule has 0 saturated carbocycles. The first-order valence-electron chi connectivity index (χ1n) is 9.42. The predicted molar refractivity (Wildman–Crippen MR) is 112 cm³/mol. The van der Waals surface area contributed by atoms with E-state index < -0.39 is 0 Å². The standard InChI is InChI=1S/C22H22FN5O/c1-4-17-11-21(29-27-17)15(3)26-28-20-8-6-5-7-16(20)10-22(28)25-13-19-18(23)9-14(2)12-24-19/h5-12,25-26H,3-4,13H2,1-2H3. The van der Waals surface area contributed by atoms with E-state index in [1.807, 2.05) is 54.9 Å². The Labute approximate surface area is 168 Å². The lowest BCUT2D eigenvalue weighted by atomic mass is 10.2. The van der Waals surface area contributed by atoms with Crippen molar-refractivity contribution < 1.29 is 8.91 Å². The zero-order valence-electron chi connectivity index (χ0n) is 16.4. The van der Waals surface area contributed by atoms with Gasteiger partial charge in [-0.05, 0) is 37.1 Å². The van der Waals surface area contributed by atoms with Crippen LogP contribution in [0, 0.1) is 12.7 Å². The Morgan fingerprint density at radius 3 is 2.83 bits per heavy atom. The summed E-state index contributed by atoms with van der Waals surface area (Å²) >= 11 is 0. The van der Waals surface area contributed by atoms with Gasteiger partial charge in [0.25, 0.3) is 0 Å². The molecule has 0 aliphatic rings. The lowest BCUT2D eigenvalue weighted by Crippen LogP contribution is -2.16. The van der Waals surface area contributed by atoms with Gasteiger partial charge in [0.05, 0.1) is 29.1 Å². The second-order valence-corrected chi connectivity index (χ2v) is 6.84. The molecule has 6 nitrogen and oxygen atoms in total. The Morgan fingerprint density at radius 2 is 2.07 bits per heavy atom. The van der Waals surface area contributed by atoms with Crippen LogP contribution in [0.2, 0.25) is 0 Å². The number of aromatic nitrogens is 3. The number of halogens is 1. The molecule has 4 rings (SSSR count). The van der Waals surface area contributed by atoms with Gasteiger partial charge >= 0.3 is 0 Å². The molecule has 0 saturated heterocycles. The maximum Gasteiger partial charge on any atom is 0.184 e. The zero-order chi connectivity index (χ0) is 20.4. The van der Waals surface area contributed by atoms with Crippen LogP contribution in [0.25, 0.3) is 16.6 Å². The molecular formula is C22H22FN5O. The van der Waals surface area contributed by atoms with Gasteiger partial charge in [-0.15, -0.1) is 0 Å². The molecule has 3 aromatic heterocycles. The topological polar surface area (TPSA) is 67.9 Å². The molecule has 0 spiro atoms. The zero-order valence-corrected chi connectivity index (χ0v) is 16.4. The number of nitrogens with one attached hydrogen (secondary N) is 2. The Morgan fingerprint density at radius 1 is 1.24 bits per heavy atom. The van der Waals surface area contributed by atoms with Crippen molar-refractivity contribution in [1.29, 1.82) is 0 Å². The second kappa shape index (κ2) is 7.79. The molecule has 0 atom stereocenters. The minimum atomic E-state index is -0.328. The Kier molecular flexibility index (Phi) is 5.03. The molecule has 0 unspecified atom stereocenters. The van der Waals surface area contributed by atoms with Gasteiger partial charge in [0.2, 0.25) is 0 Å². The number of fused-ring (bicyclic) bond motifs is 1. The van der Waals surface area contributed by atoms with Crippen LogP contribution in [0.15, 0.2) is 59.8 Å². The molecule has 0 aliphatic heterocycles. The molecule has 3 heterocycles. The van der Waals surface area contributed by atoms with Gasteiger partial charge in [0, 0.05) is 17.6 Å². The predicted octanol–water partition coefficient (Wildman–Crippen LogP) is 4.86. The van der Waals surface area contributed by atoms with E-state index >= 15 is 0 Å². The summed E-state index contributed by atoms with van der Waals surface area (Å²) in [6.07, 6.45) is 2.44. The van der Waals surface area contributed by atoms with E-state index in [2.05, 4.69) is 27.5 Å². The number of benzene rings is 1.